The molecule has 1 atom stereocenters. The van der Waals surface area contributed by atoms with Gasteiger partial charge in [-0.25, -0.2) is 0 Å². The first-order valence-electron chi connectivity index (χ1n) is 7.01. The van der Waals surface area contributed by atoms with E-state index in [2.05, 4.69) is 33.8 Å². The quantitative estimate of drug-likeness (QED) is 0.831. The number of carboxylic acids is 1. The van der Waals surface area contributed by atoms with E-state index in [9.17, 15) is 4.79 Å². The fraction of sp³-hybridized carbons (Fsp3) is 0.400. The molecule has 0 saturated heterocycles. The van der Waals surface area contributed by atoms with Crippen LogP contribution in [0.3, 0.4) is 0 Å². The molecule has 1 aromatic heterocycles. The lowest BCUT2D eigenvalue weighted by Crippen LogP contribution is -2.08. The predicted molar refractivity (Wildman–Crippen MR) is 80.6 cm³/mol. The van der Waals surface area contributed by atoms with Gasteiger partial charge in [-0.1, -0.05) is 49.0 Å². The van der Waals surface area contributed by atoms with E-state index in [4.69, 9.17) is 5.11 Å². The lowest BCUT2D eigenvalue weighted by atomic mass is 10.0. The van der Waals surface area contributed by atoms with Crippen molar-refractivity contribution in [2.24, 2.45) is 0 Å². The van der Waals surface area contributed by atoms with Crippen molar-refractivity contribution in [1.82, 2.24) is 14.8 Å². The van der Waals surface area contributed by atoms with Crippen molar-refractivity contribution in [3.63, 3.8) is 0 Å². The Balaban J connectivity index is 1.90. The Bertz CT molecular complexity index is 638. The molecule has 1 saturated carbocycles. The number of hydrogen-bond donors (Lipinski definition) is 1. The van der Waals surface area contributed by atoms with Crippen LogP contribution < -0.4 is 0 Å². The van der Waals surface area contributed by atoms with Gasteiger partial charge in [0.15, 0.2) is 5.16 Å². The second-order valence-corrected chi connectivity index (χ2v) is 6.20. The average molecular weight is 303 g/mol. The summed E-state index contributed by atoms with van der Waals surface area (Å²) in [6.45, 7) is 2.11. The zero-order chi connectivity index (χ0) is 14.8. The molecule has 1 aromatic carbocycles. The van der Waals surface area contributed by atoms with Gasteiger partial charge >= 0.3 is 5.97 Å². The molecule has 1 aliphatic rings. The fourth-order valence-electron chi connectivity index (χ4n) is 2.38. The number of benzene rings is 1. The Labute approximate surface area is 127 Å². The molecule has 110 valence electrons. The van der Waals surface area contributed by atoms with E-state index in [1.54, 1.807) is 0 Å². The summed E-state index contributed by atoms with van der Waals surface area (Å²) in [6.07, 6.45) is 2.24. The molecule has 1 unspecified atom stereocenters. The maximum Gasteiger partial charge on any atom is 0.313 e. The fourth-order valence-corrected chi connectivity index (χ4v) is 3.11. The third kappa shape index (κ3) is 3.10. The molecule has 1 N–H and O–H groups in total. The van der Waals surface area contributed by atoms with Gasteiger partial charge in [0, 0.05) is 12.0 Å². The van der Waals surface area contributed by atoms with E-state index >= 15 is 0 Å². The minimum atomic E-state index is -0.831. The molecule has 0 aliphatic heterocycles. The van der Waals surface area contributed by atoms with Crippen molar-refractivity contribution < 1.29 is 9.90 Å². The Kier molecular flexibility index (Phi) is 3.96. The van der Waals surface area contributed by atoms with Crippen LogP contribution in [0.2, 0.25) is 0 Å². The van der Waals surface area contributed by atoms with Crippen molar-refractivity contribution in [1.29, 1.82) is 0 Å². The summed E-state index contributed by atoms with van der Waals surface area (Å²) < 4.78 is 2.13. The van der Waals surface area contributed by atoms with E-state index < -0.39 is 5.97 Å². The highest BCUT2D eigenvalue weighted by atomic mass is 32.2. The van der Waals surface area contributed by atoms with Gasteiger partial charge in [-0.2, -0.15) is 0 Å². The zero-order valence-electron chi connectivity index (χ0n) is 11.8. The Morgan fingerprint density at radius 2 is 2.10 bits per heavy atom. The number of nitrogens with zero attached hydrogens (tertiary/aromatic N) is 3. The van der Waals surface area contributed by atoms with Crippen LogP contribution in [-0.2, 0) is 4.79 Å². The van der Waals surface area contributed by atoms with Gasteiger partial charge < -0.3 is 9.67 Å². The topological polar surface area (TPSA) is 68.0 Å². The smallest absolute Gasteiger partial charge is 0.313 e. The molecule has 21 heavy (non-hydrogen) atoms. The van der Waals surface area contributed by atoms with Crippen LogP contribution in [0, 0.1) is 0 Å². The van der Waals surface area contributed by atoms with E-state index in [1.807, 2.05) is 18.2 Å². The van der Waals surface area contributed by atoms with Gasteiger partial charge in [-0.3, -0.25) is 4.79 Å². The second-order valence-electron chi connectivity index (χ2n) is 5.26. The maximum atomic E-state index is 10.8. The van der Waals surface area contributed by atoms with Crippen LogP contribution in [0.5, 0.6) is 0 Å². The zero-order valence-corrected chi connectivity index (χ0v) is 12.6. The lowest BCUT2D eigenvalue weighted by molar-refractivity contribution is -0.133. The highest BCUT2D eigenvalue weighted by Crippen LogP contribution is 2.40. The number of hydrogen-bond acceptors (Lipinski definition) is 4. The lowest BCUT2D eigenvalue weighted by Gasteiger charge is -2.14. The molecule has 6 heteroatoms. The molecule has 0 spiro atoms. The minimum absolute atomic E-state index is 0.0184. The largest absolute Gasteiger partial charge is 0.481 e. The molecule has 0 bridgehead atoms. The average Bonchev–Trinajstić information content (AvgIpc) is 3.25. The first-order chi connectivity index (χ1) is 10.2. The van der Waals surface area contributed by atoms with Crippen LogP contribution in [0.25, 0.3) is 0 Å². The molecule has 0 radical (unpaired) electrons. The van der Waals surface area contributed by atoms with Crippen LogP contribution in [0.1, 0.15) is 43.1 Å². The maximum absolute atomic E-state index is 10.8. The van der Waals surface area contributed by atoms with Gasteiger partial charge in [-0.15, -0.1) is 10.2 Å². The molecule has 1 aliphatic carbocycles. The molecule has 3 rings (SSSR count). The number of carboxylic acid groups (broad SMARTS) is 1. The summed E-state index contributed by atoms with van der Waals surface area (Å²) in [5.41, 5.74) is 1.20. The molecule has 0 amide bonds. The summed E-state index contributed by atoms with van der Waals surface area (Å²) in [5.74, 6) is 0.267. The van der Waals surface area contributed by atoms with Gasteiger partial charge in [-0.05, 0) is 18.4 Å². The van der Waals surface area contributed by atoms with Crippen LogP contribution in [0.15, 0.2) is 35.5 Å². The predicted octanol–water partition coefficient (Wildman–Crippen LogP) is 2.94. The van der Waals surface area contributed by atoms with Crippen LogP contribution in [0.4, 0.5) is 0 Å². The third-order valence-corrected chi connectivity index (χ3v) is 4.54. The standard InChI is InChI=1S/C15H17N3O2S/c1-10(11-5-3-2-4-6-11)14-16-17-15(21-9-13(19)20)18(14)12-7-8-12/h2-6,10,12H,7-9H2,1H3,(H,19,20). The Morgan fingerprint density at radius 1 is 1.38 bits per heavy atom. The molecule has 1 fully saturated rings. The summed E-state index contributed by atoms with van der Waals surface area (Å²) in [5, 5.41) is 18.1. The number of aliphatic carboxylic acids is 1. The molecule has 1 heterocycles. The van der Waals surface area contributed by atoms with Gasteiger partial charge in [0.25, 0.3) is 0 Å². The monoisotopic (exact) mass is 303 g/mol. The number of aromatic nitrogens is 3. The van der Waals surface area contributed by atoms with E-state index in [1.165, 1.54) is 17.3 Å². The summed E-state index contributed by atoms with van der Waals surface area (Å²) in [7, 11) is 0. The van der Waals surface area contributed by atoms with E-state index in [-0.39, 0.29) is 11.7 Å². The summed E-state index contributed by atoms with van der Waals surface area (Å²) >= 11 is 1.25. The highest BCUT2D eigenvalue weighted by molar-refractivity contribution is 7.99. The molecule has 2 aromatic rings. The van der Waals surface area contributed by atoms with E-state index in [0.717, 1.165) is 23.8 Å². The van der Waals surface area contributed by atoms with Gasteiger partial charge in [0.2, 0.25) is 0 Å². The first kappa shape index (κ1) is 14.1. The van der Waals surface area contributed by atoms with E-state index in [0.29, 0.717) is 6.04 Å². The van der Waals surface area contributed by atoms with Gasteiger partial charge in [0.05, 0.1) is 5.75 Å². The van der Waals surface area contributed by atoms with Crippen molar-refractivity contribution in [3.05, 3.63) is 41.7 Å². The molecular formula is C15H17N3O2S. The second kappa shape index (κ2) is 5.89. The summed E-state index contributed by atoms with van der Waals surface area (Å²) in [4.78, 5) is 10.8. The Hall–Kier alpha value is -1.82. The highest BCUT2D eigenvalue weighted by Gasteiger charge is 2.31. The van der Waals surface area contributed by atoms with Crippen molar-refractivity contribution >= 4 is 17.7 Å². The third-order valence-electron chi connectivity index (χ3n) is 3.61. The molecule has 5 nitrogen and oxygen atoms in total. The normalized spacial score (nSPS) is 15.9. The number of rotatable bonds is 6. The number of carbonyl (C=O) groups is 1. The van der Waals surface area contributed by atoms with Crippen molar-refractivity contribution in [3.8, 4) is 0 Å². The number of thioether (sulfide) groups is 1. The first-order valence-corrected chi connectivity index (χ1v) is 7.99. The Morgan fingerprint density at radius 3 is 2.71 bits per heavy atom. The van der Waals surface area contributed by atoms with Crippen molar-refractivity contribution in [2.75, 3.05) is 5.75 Å². The van der Waals surface area contributed by atoms with Gasteiger partial charge in [0.1, 0.15) is 5.82 Å². The minimum Gasteiger partial charge on any atom is -0.481 e. The molecular weight excluding hydrogens is 286 g/mol. The SMILES string of the molecule is CC(c1ccccc1)c1nnc(SCC(=O)O)n1C1CC1. The van der Waals surface area contributed by atoms with Crippen molar-refractivity contribution in [2.45, 2.75) is 36.9 Å². The summed E-state index contributed by atoms with van der Waals surface area (Å²) in [6, 6.07) is 10.6. The van der Waals surface area contributed by atoms with Crippen LogP contribution >= 0.6 is 11.8 Å². The van der Waals surface area contributed by atoms with Crippen LogP contribution in [-0.4, -0.2) is 31.6 Å².